The molecule has 0 spiro atoms. The smallest absolute Gasteiger partial charge is 0.245 e. The number of amides is 1. The van der Waals surface area contributed by atoms with E-state index in [2.05, 4.69) is 21.2 Å². The molecule has 2 aromatic rings. The van der Waals surface area contributed by atoms with Crippen molar-refractivity contribution in [1.82, 2.24) is 0 Å². The summed E-state index contributed by atoms with van der Waals surface area (Å²) in [6, 6.07) is 9.94. The van der Waals surface area contributed by atoms with E-state index in [-0.39, 0.29) is 5.91 Å². The summed E-state index contributed by atoms with van der Waals surface area (Å²) in [5, 5.41) is 3.37. The van der Waals surface area contributed by atoms with Gasteiger partial charge in [0.15, 0.2) is 0 Å². The maximum Gasteiger partial charge on any atom is 0.245 e. The number of rotatable bonds is 2. The second-order valence-electron chi connectivity index (χ2n) is 4.39. The molecule has 102 valence electrons. The minimum Gasteiger partial charge on any atom is -0.456 e. The highest BCUT2D eigenvalue weighted by molar-refractivity contribution is 9.10. The zero-order chi connectivity index (χ0) is 14.3. The van der Waals surface area contributed by atoms with Gasteiger partial charge in [0.1, 0.15) is 17.5 Å². The topological polar surface area (TPSA) is 64.4 Å². The van der Waals surface area contributed by atoms with Crippen LogP contribution in [0.2, 0.25) is 5.02 Å². The lowest BCUT2D eigenvalue weighted by molar-refractivity contribution is -0.116. The van der Waals surface area contributed by atoms with Crippen LogP contribution in [0.1, 0.15) is 11.6 Å². The van der Waals surface area contributed by atoms with E-state index >= 15 is 0 Å². The van der Waals surface area contributed by atoms with Crippen molar-refractivity contribution >= 4 is 39.1 Å². The van der Waals surface area contributed by atoms with E-state index in [0.29, 0.717) is 22.2 Å². The minimum atomic E-state index is -0.633. The van der Waals surface area contributed by atoms with Crippen LogP contribution in [-0.4, -0.2) is 5.91 Å². The third kappa shape index (κ3) is 2.40. The molecule has 0 aromatic heterocycles. The number of nitrogens with one attached hydrogen (secondary N) is 1. The van der Waals surface area contributed by atoms with Crippen LogP contribution in [0.15, 0.2) is 40.9 Å². The molecule has 1 heterocycles. The maximum atomic E-state index is 11.5. The van der Waals surface area contributed by atoms with Gasteiger partial charge < -0.3 is 15.8 Å². The predicted molar refractivity (Wildman–Crippen MR) is 81.2 cm³/mol. The van der Waals surface area contributed by atoms with Gasteiger partial charge in [0, 0.05) is 22.3 Å². The first kappa shape index (κ1) is 13.4. The van der Waals surface area contributed by atoms with Crippen molar-refractivity contribution in [3.05, 3.63) is 51.5 Å². The number of anilines is 1. The SMILES string of the molecule is NC1C(=O)Nc2cc(Oc3ccc(Cl)cc3)c(Br)cc21. The molecule has 0 aliphatic carbocycles. The molecule has 1 aliphatic rings. The molecule has 1 aliphatic heterocycles. The molecular weight excluding hydrogens is 344 g/mol. The van der Waals surface area contributed by atoms with Crippen LogP contribution in [0, 0.1) is 0 Å². The fourth-order valence-electron chi connectivity index (χ4n) is 1.99. The molecule has 1 amide bonds. The Morgan fingerprint density at radius 3 is 2.65 bits per heavy atom. The first-order valence-electron chi connectivity index (χ1n) is 5.88. The largest absolute Gasteiger partial charge is 0.456 e. The van der Waals surface area contributed by atoms with Gasteiger partial charge in [-0.2, -0.15) is 0 Å². The van der Waals surface area contributed by atoms with Crippen LogP contribution in [-0.2, 0) is 4.79 Å². The summed E-state index contributed by atoms with van der Waals surface area (Å²) < 4.78 is 6.50. The Morgan fingerprint density at radius 1 is 1.25 bits per heavy atom. The molecule has 0 fully saturated rings. The van der Waals surface area contributed by atoms with Crippen molar-refractivity contribution in [2.24, 2.45) is 5.73 Å². The zero-order valence-corrected chi connectivity index (χ0v) is 12.5. The first-order valence-corrected chi connectivity index (χ1v) is 7.05. The number of nitrogens with two attached hydrogens (primary N) is 1. The molecule has 6 heteroatoms. The second-order valence-corrected chi connectivity index (χ2v) is 5.68. The fraction of sp³-hybridized carbons (Fsp3) is 0.0714. The van der Waals surface area contributed by atoms with Gasteiger partial charge >= 0.3 is 0 Å². The monoisotopic (exact) mass is 352 g/mol. The van der Waals surface area contributed by atoms with Crippen LogP contribution in [0.3, 0.4) is 0 Å². The molecule has 4 nitrogen and oxygen atoms in total. The normalized spacial score (nSPS) is 16.8. The molecule has 2 aromatic carbocycles. The van der Waals surface area contributed by atoms with E-state index in [1.54, 1.807) is 36.4 Å². The number of fused-ring (bicyclic) bond motifs is 1. The van der Waals surface area contributed by atoms with E-state index < -0.39 is 6.04 Å². The molecule has 0 bridgehead atoms. The Balaban J connectivity index is 1.94. The lowest BCUT2D eigenvalue weighted by Gasteiger charge is -2.10. The van der Waals surface area contributed by atoms with Crippen molar-refractivity contribution in [3.8, 4) is 11.5 Å². The number of halogens is 2. The van der Waals surface area contributed by atoms with Crippen molar-refractivity contribution in [1.29, 1.82) is 0 Å². The van der Waals surface area contributed by atoms with Crippen molar-refractivity contribution < 1.29 is 9.53 Å². The van der Waals surface area contributed by atoms with Crippen LogP contribution >= 0.6 is 27.5 Å². The van der Waals surface area contributed by atoms with Crippen LogP contribution < -0.4 is 15.8 Å². The van der Waals surface area contributed by atoms with Crippen LogP contribution in [0.4, 0.5) is 5.69 Å². The Morgan fingerprint density at radius 2 is 1.95 bits per heavy atom. The van der Waals surface area contributed by atoms with Gasteiger partial charge in [-0.3, -0.25) is 4.79 Å². The van der Waals surface area contributed by atoms with Gasteiger partial charge in [-0.1, -0.05) is 11.6 Å². The number of carbonyl (C=O) groups excluding carboxylic acids is 1. The highest BCUT2D eigenvalue weighted by atomic mass is 79.9. The molecule has 1 unspecified atom stereocenters. The van der Waals surface area contributed by atoms with Crippen molar-refractivity contribution in [2.75, 3.05) is 5.32 Å². The summed E-state index contributed by atoms with van der Waals surface area (Å²) in [6.07, 6.45) is 0. The summed E-state index contributed by atoms with van der Waals surface area (Å²) in [5.74, 6) is 1.04. The van der Waals surface area contributed by atoms with Crippen molar-refractivity contribution in [3.63, 3.8) is 0 Å². The summed E-state index contributed by atoms with van der Waals surface area (Å²) >= 11 is 9.25. The number of ether oxygens (including phenoxy) is 1. The highest BCUT2D eigenvalue weighted by Crippen LogP contribution is 2.39. The summed E-state index contributed by atoms with van der Waals surface area (Å²) in [6.45, 7) is 0. The molecule has 0 saturated heterocycles. The third-order valence-corrected chi connectivity index (χ3v) is 3.89. The molecular formula is C14H10BrClN2O2. The summed E-state index contributed by atoms with van der Waals surface area (Å²) in [4.78, 5) is 11.5. The number of hydrogen-bond donors (Lipinski definition) is 2. The average Bonchev–Trinajstić information content (AvgIpc) is 2.69. The molecule has 20 heavy (non-hydrogen) atoms. The van der Waals surface area contributed by atoms with E-state index in [4.69, 9.17) is 22.1 Å². The number of carbonyl (C=O) groups is 1. The standard InChI is InChI=1S/C14H10BrClN2O2/c15-10-5-9-11(18-14(19)13(9)17)6-12(10)20-8-3-1-7(16)2-4-8/h1-6,13H,17H2,(H,18,19). The molecule has 0 saturated carbocycles. The van der Waals surface area contributed by atoms with Gasteiger partial charge in [-0.15, -0.1) is 0 Å². The number of benzene rings is 2. The fourth-order valence-corrected chi connectivity index (χ4v) is 2.56. The Hall–Kier alpha value is -1.56. The third-order valence-electron chi connectivity index (χ3n) is 3.02. The second kappa shape index (κ2) is 5.09. The molecule has 3 rings (SSSR count). The maximum absolute atomic E-state index is 11.5. The Labute approximate surface area is 129 Å². The summed E-state index contributed by atoms with van der Waals surface area (Å²) in [5.41, 5.74) is 7.22. The molecule has 1 atom stereocenters. The molecule has 0 radical (unpaired) electrons. The van der Waals surface area contributed by atoms with Gasteiger partial charge in [-0.25, -0.2) is 0 Å². The minimum absolute atomic E-state index is 0.212. The van der Waals surface area contributed by atoms with Crippen LogP contribution in [0.25, 0.3) is 0 Å². The van der Waals surface area contributed by atoms with E-state index in [9.17, 15) is 4.79 Å². The Kier molecular flexibility index (Phi) is 3.41. The lowest BCUT2D eigenvalue weighted by Crippen LogP contribution is -2.19. The van der Waals surface area contributed by atoms with Gasteiger partial charge in [0.05, 0.1) is 4.47 Å². The predicted octanol–water partition coefficient (Wildman–Crippen LogP) is 3.85. The highest BCUT2D eigenvalue weighted by Gasteiger charge is 2.28. The van der Waals surface area contributed by atoms with Crippen molar-refractivity contribution in [2.45, 2.75) is 6.04 Å². The van der Waals surface area contributed by atoms with Gasteiger partial charge in [-0.05, 0) is 46.3 Å². The van der Waals surface area contributed by atoms with E-state index in [0.717, 1.165) is 10.0 Å². The van der Waals surface area contributed by atoms with Crippen LogP contribution in [0.5, 0.6) is 11.5 Å². The van der Waals surface area contributed by atoms with Gasteiger partial charge in [0.2, 0.25) is 5.91 Å². The Bertz CT molecular complexity index is 688. The summed E-state index contributed by atoms with van der Waals surface area (Å²) in [7, 11) is 0. The van der Waals surface area contributed by atoms with E-state index in [1.165, 1.54) is 0 Å². The molecule has 3 N–H and O–H groups in total. The van der Waals surface area contributed by atoms with E-state index in [1.807, 2.05) is 0 Å². The quantitative estimate of drug-likeness (QED) is 0.862. The lowest BCUT2D eigenvalue weighted by atomic mass is 10.1. The van der Waals surface area contributed by atoms with Gasteiger partial charge in [0.25, 0.3) is 0 Å². The average molecular weight is 354 g/mol. The zero-order valence-electron chi connectivity index (χ0n) is 10.2. The first-order chi connectivity index (χ1) is 9.54. The number of hydrogen-bond acceptors (Lipinski definition) is 3.